The molecule has 0 N–H and O–H groups in total. The highest BCUT2D eigenvalue weighted by Crippen LogP contribution is 2.31. The number of carbonyl (C=O) groups excluding carboxylic acids is 1. The molecule has 0 aliphatic heterocycles. The van der Waals surface area contributed by atoms with E-state index in [1.165, 1.54) is 0 Å². The van der Waals surface area contributed by atoms with Gasteiger partial charge in [0.25, 0.3) is 6.43 Å². The van der Waals surface area contributed by atoms with Crippen LogP contribution in [0.2, 0.25) is 0 Å². The van der Waals surface area contributed by atoms with Crippen LogP contribution in [0.5, 0.6) is 5.75 Å². The molecule has 1 aromatic rings. The van der Waals surface area contributed by atoms with Gasteiger partial charge in [0, 0.05) is 0 Å². The molecule has 0 bridgehead atoms. The zero-order valence-electron chi connectivity index (χ0n) is 9.74. The van der Waals surface area contributed by atoms with E-state index < -0.39 is 18.1 Å². The highest BCUT2D eigenvalue weighted by molar-refractivity contribution is 5.93. The Balaban J connectivity index is 3.43. The average Bonchev–Trinajstić information content (AvgIpc) is 2.37. The van der Waals surface area contributed by atoms with Gasteiger partial charge < -0.3 is 9.47 Å². The maximum atomic E-state index is 12.8. The smallest absolute Gasteiger partial charge is 0.342 e. The zero-order chi connectivity index (χ0) is 13.7. The van der Waals surface area contributed by atoms with Gasteiger partial charge >= 0.3 is 5.97 Å². The first-order valence-corrected chi connectivity index (χ1v) is 4.99. The molecule has 0 spiro atoms. The second kappa shape index (κ2) is 5.91. The molecule has 18 heavy (non-hydrogen) atoms. The van der Waals surface area contributed by atoms with E-state index in [1.807, 2.05) is 0 Å². The lowest BCUT2D eigenvalue weighted by Crippen LogP contribution is -2.11. The molecule has 0 fully saturated rings. The van der Waals surface area contributed by atoms with E-state index in [0.717, 1.165) is 13.2 Å². The summed E-state index contributed by atoms with van der Waals surface area (Å²) in [6, 6.07) is 2.66. The number of halogens is 2. The van der Waals surface area contributed by atoms with Gasteiger partial charge in [-0.3, -0.25) is 0 Å². The average molecular weight is 256 g/mol. The number of hydrogen-bond donors (Lipinski definition) is 0. The van der Waals surface area contributed by atoms with E-state index in [9.17, 15) is 13.6 Å². The topological polar surface area (TPSA) is 72.2 Å². The van der Waals surface area contributed by atoms with Crippen LogP contribution < -0.4 is 4.74 Å². The van der Waals surface area contributed by atoms with Gasteiger partial charge in [-0.15, -0.1) is 0 Å². The predicted octanol–water partition coefficient (Wildman–Crippen LogP) is 2.08. The van der Waals surface area contributed by atoms with Crippen molar-refractivity contribution in [1.82, 2.24) is 4.98 Å². The molecule has 1 rings (SSSR count). The van der Waals surface area contributed by atoms with E-state index >= 15 is 0 Å². The minimum absolute atomic E-state index is 0.0796. The number of carbonyl (C=O) groups is 1. The largest absolute Gasteiger partial charge is 0.494 e. The minimum Gasteiger partial charge on any atom is -0.494 e. The lowest BCUT2D eigenvalue weighted by molar-refractivity contribution is 0.0521. The first kappa shape index (κ1) is 13.8. The maximum Gasteiger partial charge on any atom is 0.342 e. The van der Waals surface area contributed by atoms with E-state index in [4.69, 9.17) is 14.7 Å². The van der Waals surface area contributed by atoms with Crippen molar-refractivity contribution >= 4 is 5.97 Å². The van der Waals surface area contributed by atoms with Crippen molar-refractivity contribution in [3.8, 4) is 11.8 Å². The Morgan fingerprint density at radius 2 is 2.28 bits per heavy atom. The summed E-state index contributed by atoms with van der Waals surface area (Å²) in [6.45, 7) is 1.65. The molecule has 0 saturated heterocycles. The van der Waals surface area contributed by atoms with Crippen molar-refractivity contribution in [2.75, 3.05) is 13.7 Å². The molecule has 96 valence electrons. The molecule has 0 atom stereocenters. The molecule has 1 aromatic heterocycles. The molecular weight excluding hydrogens is 246 g/mol. The van der Waals surface area contributed by atoms with Gasteiger partial charge in [0.1, 0.15) is 17.3 Å². The van der Waals surface area contributed by atoms with Gasteiger partial charge in [0.15, 0.2) is 11.4 Å². The lowest BCUT2D eigenvalue weighted by Gasteiger charge is -2.11. The Bertz CT molecular complexity index is 498. The third-order valence-electron chi connectivity index (χ3n) is 2.02. The van der Waals surface area contributed by atoms with Crippen LogP contribution in [-0.4, -0.2) is 24.7 Å². The van der Waals surface area contributed by atoms with Crippen LogP contribution in [0.25, 0.3) is 0 Å². The fraction of sp³-hybridized carbons (Fsp3) is 0.364. The van der Waals surface area contributed by atoms with E-state index in [-0.39, 0.29) is 23.6 Å². The second-order valence-electron chi connectivity index (χ2n) is 3.11. The first-order valence-electron chi connectivity index (χ1n) is 4.99. The van der Waals surface area contributed by atoms with Gasteiger partial charge in [-0.1, -0.05) is 0 Å². The Morgan fingerprint density at radius 3 is 2.72 bits per heavy atom. The minimum atomic E-state index is -2.96. The molecule has 7 heteroatoms. The number of methoxy groups -OCH3 is 1. The molecule has 0 amide bonds. The van der Waals surface area contributed by atoms with Gasteiger partial charge in [0.2, 0.25) is 0 Å². The third kappa shape index (κ3) is 2.71. The summed E-state index contributed by atoms with van der Waals surface area (Å²) < 4.78 is 35.0. The predicted molar refractivity (Wildman–Crippen MR) is 56.4 cm³/mol. The van der Waals surface area contributed by atoms with Crippen LogP contribution in [0.1, 0.15) is 35.1 Å². The number of esters is 1. The molecule has 0 saturated carbocycles. The third-order valence-corrected chi connectivity index (χ3v) is 2.02. The van der Waals surface area contributed by atoms with Crippen molar-refractivity contribution in [3.63, 3.8) is 0 Å². The van der Waals surface area contributed by atoms with E-state index in [1.54, 1.807) is 13.0 Å². The molecule has 0 unspecified atom stereocenters. The molecule has 5 nitrogen and oxygen atoms in total. The quantitative estimate of drug-likeness (QED) is 0.771. The fourth-order valence-electron chi connectivity index (χ4n) is 1.33. The SMILES string of the molecule is CCOC(=O)c1cc(C#N)nc(C(F)F)c1OC. The zero-order valence-corrected chi connectivity index (χ0v) is 9.74. The summed E-state index contributed by atoms with van der Waals surface area (Å²) in [7, 11) is 1.14. The van der Waals surface area contributed by atoms with Crippen LogP contribution in [0.15, 0.2) is 6.07 Å². The van der Waals surface area contributed by atoms with Gasteiger partial charge in [-0.05, 0) is 13.0 Å². The van der Waals surface area contributed by atoms with E-state index in [0.29, 0.717) is 0 Å². The van der Waals surface area contributed by atoms with Crippen molar-refractivity contribution in [3.05, 3.63) is 23.0 Å². The van der Waals surface area contributed by atoms with Crippen LogP contribution in [-0.2, 0) is 4.74 Å². The number of rotatable bonds is 4. The first-order chi connectivity index (χ1) is 8.54. The van der Waals surface area contributed by atoms with Crippen molar-refractivity contribution in [1.29, 1.82) is 5.26 Å². The van der Waals surface area contributed by atoms with Crippen LogP contribution >= 0.6 is 0 Å². The Labute approximate surface area is 102 Å². The van der Waals surface area contributed by atoms with Crippen molar-refractivity contribution in [2.45, 2.75) is 13.3 Å². The summed E-state index contributed by atoms with van der Waals surface area (Å²) in [5, 5.41) is 8.69. The number of alkyl halides is 2. The molecule has 0 radical (unpaired) electrons. The molecule has 0 aliphatic rings. The summed E-state index contributed by atoms with van der Waals surface area (Å²) >= 11 is 0. The number of pyridine rings is 1. The summed E-state index contributed by atoms with van der Waals surface area (Å²) in [4.78, 5) is 15.0. The molecule has 0 aromatic carbocycles. The number of nitriles is 1. The monoisotopic (exact) mass is 256 g/mol. The number of hydrogen-bond acceptors (Lipinski definition) is 5. The molecular formula is C11H10F2N2O3. The second-order valence-corrected chi connectivity index (χ2v) is 3.11. The summed E-state index contributed by atoms with van der Waals surface area (Å²) in [5.74, 6) is -1.21. The maximum absolute atomic E-state index is 12.8. The van der Waals surface area contributed by atoms with Gasteiger partial charge in [0.05, 0.1) is 13.7 Å². The number of nitrogens with zero attached hydrogens (tertiary/aromatic N) is 2. The molecule has 0 aliphatic carbocycles. The van der Waals surface area contributed by atoms with Crippen LogP contribution in [0.3, 0.4) is 0 Å². The highest BCUT2D eigenvalue weighted by Gasteiger charge is 2.25. The Kier molecular flexibility index (Phi) is 4.54. The Hall–Kier alpha value is -2.23. The Morgan fingerprint density at radius 1 is 1.61 bits per heavy atom. The van der Waals surface area contributed by atoms with Crippen molar-refractivity contribution < 1.29 is 23.0 Å². The number of ether oxygens (including phenoxy) is 2. The number of aromatic nitrogens is 1. The summed E-state index contributed by atoms with van der Waals surface area (Å²) in [6.07, 6.45) is -2.96. The van der Waals surface area contributed by atoms with Crippen LogP contribution in [0, 0.1) is 11.3 Å². The van der Waals surface area contributed by atoms with E-state index in [2.05, 4.69) is 4.98 Å². The van der Waals surface area contributed by atoms with Gasteiger partial charge in [-0.25, -0.2) is 18.6 Å². The fourth-order valence-corrected chi connectivity index (χ4v) is 1.33. The van der Waals surface area contributed by atoms with Crippen molar-refractivity contribution in [2.24, 2.45) is 0 Å². The highest BCUT2D eigenvalue weighted by atomic mass is 19.3. The lowest BCUT2D eigenvalue weighted by atomic mass is 10.1. The van der Waals surface area contributed by atoms with Crippen LogP contribution in [0.4, 0.5) is 8.78 Å². The summed E-state index contributed by atoms with van der Waals surface area (Å²) in [5.41, 5.74) is -1.28. The van der Waals surface area contributed by atoms with Gasteiger partial charge in [-0.2, -0.15) is 5.26 Å². The standard InChI is InChI=1S/C11H10F2N2O3/c1-3-18-11(16)7-4-6(5-14)15-8(10(12)13)9(7)17-2/h4,10H,3H2,1-2H3. The normalized spacial score (nSPS) is 10.0. The molecule has 1 heterocycles.